The number of aromatic nitrogens is 2. The average molecular weight is 422 g/mol. The van der Waals surface area contributed by atoms with E-state index in [0.717, 1.165) is 34.5 Å². The van der Waals surface area contributed by atoms with Crippen molar-refractivity contribution < 1.29 is 13.2 Å². The van der Waals surface area contributed by atoms with E-state index in [0.29, 0.717) is 18.7 Å². The Kier molecular flexibility index (Phi) is 4.50. The number of carbonyl (C=O) groups excluding carboxylic acids is 1. The Morgan fingerprint density at radius 2 is 1.87 bits per heavy atom. The number of hydrogen-bond acceptors (Lipinski definition) is 4. The molecule has 0 unspecified atom stereocenters. The van der Waals surface area contributed by atoms with E-state index in [9.17, 15) is 13.2 Å². The SMILES string of the molecule is Cc1ccc(-c2cc(C(=O)N3CCc4ccccc43)nn2[C@@H]2CCS(=O)(=O)C2)cc1. The number of benzene rings is 2. The van der Waals surface area contributed by atoms with Crippen LogP contribution < -0.4 is 4.90 Å². The minimum atomic E-state index is -3.07. The van der Waals surface area contributed by atoms with Crippen LogP contribution >= 0.6 is 0 Å². The van der Waals surface area contributed by atoms with E-state index in [-0.39, 0.29) is 23.5 Å². The first kappa shape index (κ1) is 19.1. The maximum absolute atomic E-state index is 13.3. The second-order valence-corrected chi connectivity index (χ2v) is 10.3. The first-order valence-corrected chi connectivity index (χ1v) is 12.0. The first-order valence-electron chi connectivity index (χ1n) is 10.2. The van der Waals surface area contributed by atoms with E-state index in [1.807, 2.05) is 55.5 Å². The normalized spacial score (nSPS) is 19.8. The van der Waals surface area contributed by atoms with E-state index >= 15 is 0 Å². The molecule has 0 radical (unpaired) electrons. The lowest BCUT2D eigenvalue weighted by atomic mass is 10.1. The summed E-state index contributed by atoms with van der Waals surface area (Å²) < 4.78 is 25.9. The van der Waals surface area contributed by atoms with Gasteiger partial charge in [0.2, 0.25) is 0 Å². The number of amides is 1. The van der Waals surface area contributed by atoms with Crippen molar-refractivity contribution >= 4 is 21.4 Å². The first-order chi connectivity index (χ1) is 14.4. The standard InChI is InChI=1S/C23H23N3O3S/c1-16-6-8-18(9-7-16)22-14-20(24-26(22)19-11-13-30(28,29)15-19)23(27)25-12-10-17-4-2-3-5-21(17)25/h2-9,14,19H,10-13,15H2,1H3/t19-/m1/s1. The van der Waals surface area contributed by atoms with Crippen molar-refractivity contribution in [1.29, 1.82) is 0 Å². The number of sulfone groups is 1. The van der Waals surface area contributed by atoms with Gasteiger partial charge in [0.05, 0.1) is 23.2 Å². The van der Waals surface area contributed by atoms with Crippen molar-refractivity contribution in [3.05, 3.63) is 71.4 Å². The Balaban J connectivity index is 1.56. The molecule has 1 amide bonds. The van der Waals surface area contributed by atoms with Crippen LogP contribution in [0.15, 0.2) is 54.6 Å². The van der Waals surface area contributed by atoms with Gasteiger partial charge in [-0.1, -0.05) is 48.0 Å². The van der Waals surface area contributed by atoms with Gasteiger partial charge in [0.15, 0.2) is 15.5 Å². The smallest absolute Gasteiger partial charge is 0.278 e. The molecular weight excluding hydrogens is 398 g/mol. The van der Waals surface area contributed by atoms with Gasteiger partial charge < -0.3 is 4.90 Å². The lowest BCUT2D eigenvalue weighted by Gasteiger charge is -2.16. The van der Waals surface area contributed by atoms with Gasteiger partial charge in [-0.2, -0.15) is 5.10 Å². The minimum absolute atomic E-state index is 0.0632. The minimum Gasteiger partial charge on any atom is -0.306 e. The number of rotatable bonds is 3. The van der Waals surface area contributed by atoms with Gasteiger partial charge in [-0.05, 0) is 43.0 Å². The summed E-state index contributed by atoms with van der Waals surface area (Å²) in [5, 5.41) is 4.64. The molecule has 1 fully saturated rings. The van der Waals surface area contributed by atoms with Crippen LogP contribution in [-0.4, -0.2) is 42.2 Å². The lowest BCUT2D eigenvalue weighted by molar-refractivity contribution is 0.0983. The van der Waals surface area contributed by atoms with Crippen LogP contribution in [0, 0.1) is 6.92 Å². The number of fused-ring (bicyclic) bond motifs is 1. The fourth-order valence-electron chi connectivity index (χ4n) is 4.37. The zero-order chi connectivity index (χ0) is 20.9. The van der Waals surface area contributed by atoms with Crippen LogP contribution in [0.25, 0.3) is 11.3 Å². The van der Waals surface area contributed by atoms with E-state index < -0.39 is 9.84 Å². The second kappa shape index (κ2) is 7.09. The van der Waals surface area contributed by atoms with Crippen LogP contribution in [0.1, 0.15) is 34.1 Å². The fourth-order valence-corrected chi connectivity index (χ4v) is 6.06. The molecule has 0 spiro atoms. The Bertz CT molecular complexity index is 1230. The number of anilines is 1. The van der Waals surface area contributed by atoms with Crippen molar-refractivity contribution in [3.8, 4) is 11.3 Å². The number of para-hydroxylation sites is 1. The van der Waals surface area contributed by atoms with E-state index in [2.05, 4.69) is 5.10 Å². The Morgan fingerprint density at radius 3 is 2.60 bits per heavy atom. The molecule has 1 aromatic heterocycles. The molecule has 3 heterocycles. The summed E-state index contributed by atoms with van der Waals surface area (Å²) in [7, 11) is -3.07. The molecule has 6 nitrogen and oxygen atoms in total. The molecule has 7 heteroatoms. The molecule has 3 aromatic rings. The Morgan fingerprint density at radius 1 is 1.10 bits per heavy atom. The molecule has 0 N–H and O–H groups in total. The predicted molar refractivity (Wildman–Crippen MR) is 117 cm³/mol. The topological polar surface area (TPSA) is 72.3 Å². The van der Waals surface area contributed by atoms with Gasteiger partial charge in [-0.15, -0.1) is 0 Å². The van der Waals surface area contributed by atoms with Crippen molar-refractivity contribution in [2.24, 2.45) is 0 Å². The van der Waals surface area contributed by atoms with Crippen molar-refractivity contribution in [2.45, 2.75) is 25.8 Å². The predicted octanol–water partition coefficient (Wildman–Crippen LogP) is 3.42. The molecule has 5 rings (SSSR count). The second-order valence-electron chi connectivity index (χ2n) is 8.12. The summed E-state index contributed by atoms with van der Waals surface area (Å²) in [6, 6.07) is 17.5. The third kappa shape index (κ3) is 3.33. The van der Waals surface area contributed by atoms with Gasteiger partial charge in [0, 0.05) is 12.2 Å². The summed E-state index contributed by atoms with van der Waals surface area (Å²) in [5.74, 6) is 0.0781. The quantitative estimate of drug-likeness (QED) is 0.650. The maximum Gasteiger partial charge on any atom is 0.278 e. The van der Waals surface area contributed by atoms with Crippen molar-refractivity contribution in [3.63, 3.8) is 0 Å². The highest BCUT2D eigenvalue weighted by Gasteiger charge is 2.33. The molecule has 0 aliphatic carbocycles. The summed E-state index contributed by atoms with van der Waals surface area (Å²) in [6.07, 6.45) is 1.34. The zero-order valence-electron chi connectivity index (χ0n) is 16.8. The number of aryl methyl sites for hydroxylation is 1. The highest BCUT2D eigenvalue weighted by molar-refractivity contribution is 7.91. The monoisotopic (exact) mass is 421 g/mol. The Labute approximate surface area is 176 Å². The van der Waals surface area contributed by atoms with E-state index in [1.54, 1.807) is 15.6 Å². The summed E-state index contributed by atoms with van der Waals surface area (Å²) in [5.41, 5.74) is 5.29. The van der Waals surface area contributed by atoms with E-state index in [1.165, 1.54) is 0 Å². The summed E-state index contributed by atoms with van der Waals surface area (Å²) >= 11 is 0. The van der Waals surface area contributed by atoms with Crippen LogP contribution in [-0.2, 0) is 16.3 Å². The molecule has 2 aliphatic rings. The molecule has 0 bridgehead atoms. The van der Waals surface area contributed by atoms with Crippen LogP contribution in [0.4, 0.5) is 5.69 Å². The molecule has 30 heavy (non-hydrogen) atoms. The van der Waals surface area contributed by atoms with Gasteiger partial charge in [-0.25, -0.2) is 8.42 Å². The van der Waals surface area contributed by atoms with Gasteiger partial charge >= 0.3 is 0 Å². The van der Waals surface area contributed by atoms with Crippen LogP contribution in [0.5, 0.6) is 0 Å². The van der Waals surface area contributed by atoms with Crippen LogP contribution in [0.3, 0.4) is 0 Å². The third-order valence-corrected chi connectivity index (χ3v) is 7.74. The third-order valence-electron chi connectivity index (χ3n) is 5.99. The molecule has 0 saturated carbocycles. The van der Waals surface area contributed by atoms with Crippen LogP contribution in [0.2, 0.25) is 0 Å². The van der Waals surface area contributed by atoms with Gasteiger partial charge in [-0.3, -0.25) is 9.48 Å². The zero-order valence-corrected chi connectivity index (χ0v) is 17.6. The van der Waals surface area contributed by atoms with Crippen molar-refractivity contribution in [2.75, 3.05) is 23.0 Å². The number of carbonyl (C=O) groups is 1. The summed E-state index contributed by atoms with van der Waals surface area (Å²) in [6.45, 7) is 2.65. The largest absolute Gasteiger partial charge is 0.306 e. The number of nitrogens with zero attached hydrogens (tertiary/aromatic N) is 3. The Hall–Kier alpha value is -2.93. The number of hydrogen-bond donors (Lipinski definition) is 0. The molecule has 1 atom stereocenters. The molecule has 1 saturated heterocycles. The summed E-state index contributed by atoms with van der Waals surface area (Å²) in [4.78, 5) is 15.1. The van der Waals surface area contributed by atoms with Gasteiger partial charge in [0.1, 0.15) is 0 Å². The molecular formula is C23H23N3O3S. The van der Waals surface area contributed by atoms with Crippen molar-refractivity contribution in [1.82, 2.24) is 9.78 Å². The fraction of sp³-hybridized carbons (Fsp3) is 0.304. The highest BCUT2D eigenvalue weighted by atomic mass is 32.2. The van der Waals surface area contributed by atoms with E-state index in [4.69, 9.17) is 0 Å². The highest BCUT2D eigenvalue weighted by Crippen LogP contribution is 2.33. The lowest BCUT2D eigenvalue weighted by Crippen LogP contribution is -2.29. The average Bonchev–Trinajstić information content (AvgIpc) is 3.44. The molecule has 2 aliphatic heterocycles. The molecule has 154 valence electrons. The van der Waals surface area contributed by atoms with Gasteiger partial charge in [0.25, 0.3) is 5.91 Å². The maximum atomic E-state index is 13.3. The molecule has 2 aromatic carbocycles.